The standard InChI is InChI=1S/C21H22ClNO4/c1-13-10-23-11-16(22)15(13)9-17(24)14-5-6-18(25-2)20-19(14)26-12-21(27-20)7-3-4-8-21/h5-6,10-11H,3-4,7-9,12H2,1-2H3. The number of aryl methyl sites for hydroxylation is 1. The van der Waals surface area contributed by atoms with Crippen molar-refractivity contribution in [3.8, 4) is 17.2 Å². The van der Waals surface area contributed by atoms with Crippen molar-refractivity contribution in [3.05, 3.63) is 46.2 Å². The third-order valence-corrected chi connectivity index (χ3v) is 5.79. The van der Waals surface area contributed by atoms with E-state index in [1.54, 1.807) is 31.6 Å². The lowest BCUT2D eigenvalue weighted by Crippen LogP contribution is -2.42. The Balaban J connectivity index is 1.69. The summed E-state index contributed by atoms with van der Waals surface area (Å²) < 4.78 is 17.9. The van der Waals surface area contributed by atoms with Crippen LogP contribution in [-0.2, 0) is 6.42 Å². The molecule has 6 heteroatoms. The van der Waals surface area contributed by atoms with Crippen LogP contribution in [0.5, 0.6) is 17.2 Å². The Kier molecular flexibility index (Phi) is 4.72. The van der Waals surface area contributed by atoms with Gasteiger partial charge in [-0.3, -0.25) is 9.78 Å². The van der Waals surface area contributed by atoms with E-state index in [4.69, 9.17) is 25.8 Å². The molecule has 0 saturated heterocycles. The van der Waals surface area contributed by atoms with Gasteiger partial charge in [0.25, 0.3) is 0 Å². The molecule has 5 nitrogen and oxygen atoms in total. The van der Waals surface area contributed by atoms with Crippen LogP contribution in [0.2, 0.25) is 5.02 Å². The van der Waals surface area contributed by atoms with E-state index in [9.17, 15) is 4.79 Å². The molecule has 1 aliphatic heterocycles. The normalized spacial score (nSPS) is 17.1. The molecule has 2 heterocycles. The third-order valence-electron chi connectivity index (χ3n) is 5.47. The van der Waals surface area contributed by atoms with Gasteiger partial charge in [0.2, 0.25) is 5.75 Å². The molecule has 1 aromatic heterocycles. The number of benzene rings is 1. The second-order valence-corrected chi connectivity index (χ2v) is 7.68. The molecule has 0 radical (unpaired) electrons. The van der Waals surface area contributed by atoms with Crippen molar-refractivity contribution in [1.29, 1.82) is 0 Å². The molecule has 0 bridgehead atoms. The predicted molar refractivity (Wildman–Crippen MR) is 102 cm³/mol. The van der Waals surface area contributed by atoms with E-state index in [0.29, 0.717) is 34.4 Å². The van der Waals surface area contributed by atoms with Gasteiger partial charge in [-0.2, -0.15) is 0 Å². The number of hydrogen-bond acceptors (Lipinski definition) is 5. The summed E-state index contributed by atoms with van der Waals surface area (Å²) in [5, 5.41) is 0.493. The minimum Gasteiger partial charge on any atom is -0.493 e. The maximum atomic E-state index is 13.0. The number of ether oxygens (including phenoxy) is 3. The van der Waals surface area contributed by atoms with Crippen LogP contribution >= 0.6 is 11.6 Å². The Hall–Kier alpha value is -2.27. The van der Waals surface area contributed by atoms with Crippen molar-refractivity contribution in [2.75, 3.05) is 13.7 Å². The molecule has 1 saturated carbocycles. The molecule has 0 unspecified atom stereocenters. The predicted octanol–water partition coefficient (Wildman–Crippen LogP) is 4.56. The first-order chi connectivity index (χ1) is 13.0. The van der Waals surface area contributed by atoms with E-state index >= 15 is 0 Å². The van der Waals surface area contributed by atoms with Crippen molar-refractivity contribution in [3.63, 3.8) is 0 Å². The minimum atomic E-state index is -0.299. The Bertz CT molecular complexity index is 870. The van der Waals surface area contributed by atoms with Crippen LogP contribution in [0.1, 0.15) is 47.2 Å². The molecule has 2 aliphatic rings. The van der Waals surface area contributed by atoms with Gasteiger partial charge < -0.3 is 14.2 Å². The number of carbonyl (C=O) groups excluding carboxylic acids is 1. The lowest BCUT2D eigenvalue weighted by molar-refractivity contribution is -0.00583. The molecular weight excluding hydrogens is 366 g/mol. The van der Waals surface area contributed by atoms with Gasteiger partial charge in [0.1, 0.15) is 12.2 Å². The lowest BCUT2D eigenvalue weighted by atomic mass is 9.97. The van der Waals surface area contributed by atoms with Crippen LogP contribution in [0.15, 0.2) is 24.5 Å². The number of ketones is 1. The summed E-state index contributed by atoms with van der Waals surface area (Å²) in [6.45, 7) is 2.36. The molecule has 2 aromatic rings. The quantitative estimate of drug-likeness (QED) is 0.719. The summed E-state index contributed by atoms with van der Waals surface area (Å²) in [6, 6.07) is 3.50. The van der Waals surface area contributed by atoms with Gasteiger partial charge in [-0.25, -0.2) is 0 Å². The SMILES string of the molecule is COc1ccc(C(=O)Cc2c(C)cncc2Cl)c2c1OC1(CCCC1)CO2. The van der Waals surface area contributed by atoms with E-state index in [1.807, 2.05) is 6.92 Å². The Morgan fingerprint density at radius 2 is 2.04 bits per heavy atom. The van der Waals surface area contributed by atoms with Crippen LogP contribution in [0.4, 0.5) is 0 Å². The maximum Gasteiger partial charge on any atom is 0.205 e. The Labute approximate surface area is 163 Å². The highest BCUT2D eigenvalue weighted by molar-refractivity contribution is 6.31. The molecule has 27 heavy (non-hydrogen) atoms. The molecule has 1 aliphatic carbocycles. The molecule has 0 atom stereocenters. The first kappa shape index (κ1) is 18.1. The van der Waals surface area contributed by atoms with Crippen molar-refractivity contribution < 1.29 is 19.0 Å². The number of carbonyl (C=O) groups is 1. The molecule has 0 amide bonds. The topological polar surface area (TPSA) is 57.7 Å². The average Bonchev–Trinajstić information content (AvgIpc) is 3.11. The number of rotatable bonds is 4. The molecule has 1 fully saturated rings. The highest BCUT2D eigenvalue weighted by Crippen LogP contribution is 2.49. The van der Waals surface area contributed by atoms with Gasteiger partial charge in [-0.15, -0.1) is 0 Å². The van der Waals surface area contributed by atoms with E-state index in [2.05, 4.69) is 4.98 Å². The summed E-state index contributed by atoms with van der Waals surface area (Å²) in [5.41, 5.74) is 1.86. The van der Waals surface area contributed by atoms with E-state index in [0.717, 1.165) is 36.8 Å². The first-order valence-electron chi connectivity index (χ1n) is 9.18. The van der Waals surface area contributed by atoms with Gasteiger partial charge in [0.15, 0.2) is 17.3 Å². The summed E-state index contributed by atoms with van der Waals surface area (Å²) >= 11 is 6.24. The van der Waals surface area contributed by atoms with E-state index in [1.165, 1.54) is 0 Å². The van der Waals surface area contributed by atoms with Crippen LogP contribution in [0.3, 0.4) is 0 Å². The lowest BCUT2D eigenvalue weighted by Gasteiger charge is -2.36. The third kappa shape index (κ3) is 3.25. The van der Waals surface area contributed by atoms with Crippen LogP contribution in [0, 0.1) is 6.92 Å². The second-order valence-electron chi connectivity index (χ2n) is 7.27. The van der Waals surface area contributed by atoms with Gasteiger partial charge in [-0.1, -0.05) is 11.6 Å². The number of Topliss-reactive ketones (excluding diaryl/α,β-unsaturated/α-hetero) is 1. The zero-order chi connectivity index (χ0) is 19.0. The number of halogens is 1. The molecule has 4 rings (SSSR count). The minimum absolute atomic E-state index is 0.0731. The van der Waals surface area contributed by atoms with Gasteiger partial charge >= 0.3 is 0 Å². The fourth-order valence-corrected chi connectivity index (χ4v) is 4.19. The van der Waals surface area contributed by atoms with Crippen LogP contribution in [0.25, 0.3) is 0 Å². The monoisotopic (exact) mass is 387 g/mol. The zero-order valence-corrected chi connectivity index (χ0v) is 16.3. The molecule has 1 aromatic carbocycles. The summed E-state index contributed by atoms with van der Waals surface area (Å²) in [4.78, 5) is 17.1. The molecule has 1 spiro atoms. The van der Waals surface area contributed by atoms with Gasteiger partial charge in [-0.05, 0) is 55.9 Å². The molecular formula is C21H22ClNO4. The number of aromatic nitrogens is 1. The van der Waals surface area contributed by atoms with Crippen LogP contribution in [-0.4, -0.2) is 30.1 Å². The van der Waals surface area contributed by atoms with E-state index < -0.39 is 0 Å². The summed E-state index contributed by atoms with van der Waals surface area (Å²) in [5.74, 6) is 1.52. The average molecular weight is 388 g/mol. The largest absolute Gasteiger partial charge is 0.493 e. The van der Waals surface area contributed by atoms with Crippen molar-refractivity contribution in [1.82, 2.24) is 4.98 Å². The van der Waals surface area contributed by atoms with Gasteiger partial charge in [0.05, 0.1) is 17.7 Å². The first-order valence-corrected chi connectivity index (χ1v) is 9.56. The fourth-order valence-electron chi connectivity index (χ4n) is 3.92. The number of hydrogen-bond donors (Lipinski definition) is 0. The highest BCUT2D eigenvalue weighted by atomic mass is 35.5. The van der Waals surface area contributed by atoms with E-state index in [-0.39, 0.29) is 17.8 Å². The molecule has 0 N–H and O–H groups in total. The highest BCUT2D eigenvalue weighted by Gasteiger charge is 2.42. The smallest absolute Gasteiger partial charge is 0.205 e. The van der Waals surface area contributed by atoms with Crippen molar-refractivity contribution >= 4 is 17.4 Å². The number of methoxy groups -OCH3 is 1. The summed E-state index contributed by atoms with van der Waals surface area (Å²) in [7, 11) is 1.59. The van der Waals surface area contributed by atoms with Crippen molar-refractivity contribution in [2.24, 2.45) is 0 Å². The molecule has 142 valence electrons. The number of nitrogens with zero attached hydrogens (tertiary/aromatic N) is 1. The maximum absolute atomic E-state index is 13.0. The number of pyridine rings is 1. The van der Waals surface area contributed by atoms with Crippen molar-refractivity contribution in [2.45, 2.75) is 44.6 Å². The van der Waals surface area contributed by atoms with Gasteiger partial charge in [0, 0.05) is 18.8 Å². The fraction of sp³-hybridized carbons (Fsp3) is 0.429. The zero-order valence-electron chi connectivity index (χ0n) is 15.5. The number of fused-ring (bicyclic) bond motifs is 1. The summed E-state index contributed by atoms with van der Waals surface area (Å²) in [6.07, 6.45) is 7.62. The second kappa shape index (κ2) is 7.04. The Morgan fingerprint density at radius 1 is 1.26 bits per heavy atom. The Morgan fingerprint density at radius 3 is 2.74 bits per heavy atom. The van der Waals surface area contributed by atoms with Crippen LogP contribution < -0.4 is 14.2 Å².